The highest BCUT2D eigenvalue weighted by Gasteiger charge is 2.46. The molecule has 3 amide bonds. The summed E-state index contributed by atoms with van der Waals surface area (Å²) in [6, 6.07) is 4.82. The molecule has 0 bridgehead atoms. The summed E-state index contributed by atoms with van der Waals surface area (Å²) in [7, 11) is 1.63. The van der Waals surface area contributed by atoms with Gasteiger partial charge in [-0.1, -0.05) is 11.6 Å². The van der Waals surface area contributed by atoms with E-state index in [0.717, 1.165) is 22.6 Å². The molecule has 2 fully saturated rings. The monoisotopic (exact) mass is 479 g/mol. The Kier molecular flexibility index (Phi) is 6.20. The fourth-order valence-electron chi connectivity index (χ4n) is 4.96. The van der Waals surface area contributed by atoms with Crippen molar-refractivity contribution >= 4 is 23.3 Å². The molecule has 4 rings (SSSR count). The minimum atomic E-state index is -4.45. The van der Waals surface area contributed by atoms with Crippen molar-refractivity contribution in [2.45, 2.75) is 57.9 Å². The van der Waals surface area contributed by atoms with Crippen LogP contribution < -0.4 is 0 Å². The van der Waals surface area contributed by atoms with Crippen LogP contribution in [0.25, 0.3) is 0 Å². The summed E-state index contributed by atoms with van der Waals surface area (Å²) in [6.45, 7) is 6.23. The van der Waals surface area contributed by atoms with E-state index in [-0.39, 0.29) is 24.0 Å². The van der Waals surface area contributed by atoms with Gasteiger partial charge in [-0.15, -0.1) is 11.3 Å². The largest absolute Gasteiger partial charge is 0.416 e. The molecule has 3 heterocycles. The van der Waals surface area contributed by atoms with Crippen LogP contribution in [0.3, 0.4) is 0 Å². The molecule has 0 aliphatic carbocycles. The summed E-state index contributed by atoms with van der Waals surface area (Å²) in [5.41, 5.74) is 1.30. The van der Waals surface area contributed by atoms with Gasteiger partial charge in [0.05, 0.1) is 23.7 Å². The Balaban J connectivity index is 1.64. The molecule has 33 heavy (non-hydrogen) atoms. The van der Waals surface area contributed by atoms with Crippen molar-refractivity contribution in [1.29, 1.82) is 0 Å². The molecule has 1 aromatic carbocycles. The van der Waals surface area contributed by atoms with Crippen molar-refractivity contribution in [2.24, 2.45) is 0 Å². The Morgan fingerprint density at radius 3 is 2.58 bits per heavy atom. The van der Waals surface area contributed by atoms with Crippen LogP contribution in [0.15, 0.2) is 29.6 Å². The fourth-order valence-corrected chi connectivity index (χ4v) is 6.06. The summed E-state index contributed by atoms with van der Waals surface area (Å²) in [4.78, 5) is 32.3. The second-order valence-corrected chi connectivity index (χ2v) is 9.95. The lowest BCUT2D eigenvalue weighted by Gasteiger charge is -2.46. The van der Waals surface area contributed by atoms with Gasteiger partial charge in [-0.05, 0) is 61.9 Å². The number of piperazine rings is 1. The van der Waals surface area contributed by atoms with E-state index in [4.69, 9.17) is 0 Å². The van der Waals surface area contributed by atoms with Crippen molar-refractivity contribution in [3.05, 3.63) is 56.8 Å². The zero-order valence-electron chi connectivity index (χ0n) is 19.1. The van der Waals surface area contributed by atoms with Crippen molar-refractivity contribution in [3.63, 3.8) is 0 Å². The number of halogens is 3. The highest BCUT2D eigenvalue weighted by Crippen LogP contribution is 2.42. The molecule has 2 aliphatic rings. The molecule has 2 aromatic rings. The number of rotatable bonds is 3. The highest BCUT2D eigenvalue weighted by molar-refractivity contribution is 7.10. The molecule has 0 saturated carbocycles. The first-order chi connectivity index (χ1) is 15.5. The molecule has 9 heteroatoms. The van der Waals surface area contributed by atoms with Gasteiger partial charge in [-0.2, -0.15) is 13.2 Å². The zero-order chi connectivity index (χ0) is 24.1. The SMILES string of the molecule is Cc1cc(C(C)N(C)C(=O)N2CCN3C(=O)CCC3C2c2sccc2C)cc(C(F)(F)F)c1. The Bertz CT molecular complexity index is 1070. The Morgan fingerprint density at radius 1 is 1.21 bits per heavy atom. The van der Waals surface area contributed by atoms with Crippen molar-refractivity contribution < 1.29 is 22.8 Å². The van der Waals surface area contributed by atoms with Crippen molar-refractivity contribution in [1.82, 2.24) is 14.7 Å². The summed E-state index contributed by atoms with van der Waals surface area (Å²) in [5.74, 6) is 0.118. The normalized spacial score (nSPS) is 21.8. The maximum absolute atomic E-state index is 13.7. The molecule has 2 aliphatic heterocycles. The number of carbonyl (C=O) groups excluding carboxylic acids is 2. The Labute approximate surface area is 195 Å². The van der Waals surface area contributed by atoms with Crippen molar-refractivity contribution in [3.8, 4) is 0 Å². The van der Waals surface area contributed by atoms with Crippen LogP contribution in [0.1, 0.15) is 59.0 Å². The number of alkyl halides is 3. The zero-order valence-corrected chi connectivity index (χ0v) is 20.0. The molecule has 3 unspecified atom stereocenters. The molecular formula is C24H28F3N3O2S. The smallest absolute Gasteiger partial charge is 0.335 e. The molecule has 0 radical (unpaired) electrons. The number of nitrogens with zero attached hydrogens (tertiary/aromatic N) is 3. The first-order valence-corrected chi connectivity index (χ1v) is 11.9. The molecular weight excluding hydrogens is 451 g/mol. The third-order valence-corrected chi connectivity index (χ3v) is 7.95. The summed E-state index contributed by atoms with van der Waals surface area (Å²) >= 11 is 1.58. The first-order valence-electron chi connectivity index (χ1n) is 11.0. The fraction of sp³-hybridized carbons (Fsp3) is 0.500. The van der Waals surface area contributed by atoms with E-state index in [0.29, 0.717) is 37.1 Å². The van der Waals surface area contributed by atoms with Crippen LogP contribution in [0, 0.1) is 13.8 Å². The van der Waals surface area contributed by atoms with Gasteiger partial charge >= 0.3 is 12.2 Å². The Morgan fingerprint density at radius 2 is 1.94 bits per heavy atom. The van der Waals surface area contributed by atoms with Gasteiger partial charge in [-0.25, -0.2) is 4.79 Å². The van der Waals surface area contributed by atoms with Gasteiger partial charge in [0.15, 0.2) is 0 Å². The van der Waals surface area contributed by atoms with E-state index >= 15 is 0 Å². The average molecular weight is 480 g/mol. The lowest BCUT2D eigenvalue weighted by molar-refractivity contribution is -0.137. The third kappa shape index (κ3) is 4.35. The van der Waals surface area contributed by atoms with Crippen LogP contribution in [0.2, 0.25) is 0 Å². The number of aryl methyl sites for hydroxylation is 2. The lowest BCUT2D eigenvalue weighted by atomic mass is 9.97. The van der Waals surface area contributed by atoms with Crippen LogP contribution in [0.4, 0.5) is 18.0 Å². The number of carbonyl (C=O) groups is 2. The third-order valence-electron chi connectivity index (χ3n) is 6.86. The molecule has 3 atom stereocenters. The number of amides is 3. The predicted octanol–water partition coefficient (Wildman–Crippen LogP) is 5.54. The van der Waals surface area contributed by atoms with Gasteiger partial charge < -0.3 is 14.7 Å². The second kappa shape index (κ2) is 8.66. The van der Waals surface area contributed by atoms with E-state index < -0.39 is 17.8 Å². The topological polar surface area (TPSA) is 43.9 Å². The minimum absolute atomic E-state index is 0.0768. The van der Waals surface area contributed by atoms with Crippen molar-refractivity contribution in [2.75, 3.05) is 20.1 Å². The maximum Gasteiger partial charge on any atom is 0.416 e. The number of fused-ring (bicyclic) bond motifs is 1. The number of urea groups is 1. The standard InChI is InChI=1S/C24H28F3N3O2S/c1-14-11-17(13-18(12-14)24(25,26)27)16(3)28(4)23(32)30-9-8-29-19(5-6-20(29)31)21(30)22-15(2)7-10-33-22/h7,10-13,16,19,21H,5-6,8-9H2,1-4H3. The number of benzene rings is 1. The van der Waals surface area contributed by atoms with E-state index in [1.54, 1.807) is 43.2 Å². The van der Waals surface area contributed by atoms with Crippen LogP contribution >= 0.6 is 11.3 Å². The quantitative estimate of drug-likeness (QED) is 0.580. The number of hydrogen-bond donors (Lipinski definition) is 0. The Hall–Kier alpha value is -2.55. The van der Waals surface area contributed by atoms with Crippen LogP contribution in [-0.4, -0.2) is 52.8 Å². The number of hydrogen-bond acceptors (Lipinski definition) is 3. The predicted molar refractivity (Wildman–Crippen MR) is 121 cm³/mol. The molecule has 178 valence electrons. The van der Waals surface area contributed by atoms with Gasteiger partial charge in [0.1, 0.15) is 0 Å². The van der Waals surface area contributed by atoms with Gasteiger partial charge in [0.2, 0.25) is 5.91 Å². The van der Waals surface area contributed by atoms with E-state index in [1.807, 2.05) is 23.3 Å². The average Bonchev–Trinajstić information content (AvgIpc) is 3.36. The highest BCUT2D eigenvalue weighted by atomic mass is 32.1. The van der Waals surface area contributed by atoms with Crippen LogP contribution in [-0.2, 0) is 11.0 Å². The molecule has 2 saturated heterocycles. The van der Waals surface area contributed by atoms with Gasteiger partial charge in [0.25, 0.3) is 0 Å². The first kappa shape index (κ1) is 23.6. The molecule has 1 aromatic heterocycles. The van der Waals surface area contributed by atoms with E-state index in [1.165, 1.54) is 4.90 Å². The van der Waals surface area contributed by atoms with Crippen LogP contribution in [0.5, 0.6) is 0 Å². The van der Waals surface area contributed by atoms with Gasteiger partial charge in [0, 0.05) is 31.4 Å². The van der Waals surface area contributed by atoms with E-state index in [2.05, 4.69) is 0 Å². The summed E-state index contributed by atoms with van der Waals surface area (Å²) in [6.07, 6.45) is -3.28. The molecule has 0 N–H and O–H groups in total. The molecule has 5 nitrogen and oxygen atoms in total. The second-order valence-electron chi connectivity index (χ2n) is 9.00. The van der Waals surface area contributed by atoms with Gasteiger partial charge in [-0.3, -0.25) is 4.79 Å². The minimum Gasteiger partial charge on any atom is -0.335 e. The van der Waals surface area contributed by atoms with E-state index in [9.17, 15) is 22.8 Å². The summed E-state index contributed by atoms with van der Waals surface area (Å²) in [5, 5.41) is 1.99. The summed E-state index contributed by atoms with van der Waals surface area (Å²) < 4.78 is 40.0. The number of thiophene rings is 1. The lowest BCUT2D eigenvalue weighted by Crippen LogP contribution is -2.57. The molecule has 0 spiro atoms. The maximum atomic E-state index is 13.7.